The van der Waals surface area contributed by atoms with E-state index in [1.54, 1.807) is 26.3 Å². The summed E-state index contributed by atoms with van der Waals surface area (Å²) in [6.45, 7) is 2.26. The van der Waals surface area contributed by atoms with Crippen molar-refractivity contribution in [1.82, 2.24) is 15.4 Å². The Bertz CT molecular complexity index is 783. The summed E-state index contributed by atoms with van der Waals surface area (Å²) < 4.78 is 32.5. The first kappa shape index (κ1) is 22.1. The predicted octanol–water partition coefficient (Wildman–Crippen LogP) is 2.39. The average molecular weight is 423 g/mol. The third-order valence-electron chi connectivity index (χ3n) is 5.95. The molecule has 2 aliphatic rings. The summed E-state index contributed by atoms with van der Waals surface area (Å²) in [5.41, 5.74) is 1.30. The average Bonchev–Trinajstić information content (AvgIpc) is 3.40. The van der Waals surface area contributed by atoms with E-state index < -0.39 is 10.0 Å². The Morgan fingerprint density at radius 3 is 2.45 bits per heavy atom. The van der Waals surface area contributed by atoms with Gasteiger partial charge in [0.05, 0.1) is 4.90 Å². The van der Waals surface area contributed by atoms with E-state index in [-0.39, 0.29) is 11.5 Å². The van der Waals surface area contributed by atoms with Gasteiger partial charge in [-0.2, -0.15) is 0 Å². The molecule has 2 fully saturated rings. The lowest BCUT2D eigenvalue weighted by molar-refractivity contribution is 0.138. The Morgan fingerprint density at radius 2 is 1.86 bits per heavy atom. The molecule has 3 N–H and O–H groups in total. The number of ether oxygens (including phenoxy) is 1. The van der Waals surface area contributed by atoms with Crippen LogP contribution >= 0.6 is 0 Å². The normalized spacial score (nSPS) is 19.3. The second-order valence-corrected chi connectivity index (χ2v) is 9.98. The Kier molecular flexibility index (Phi) is 7.54. The van der Waals surface area contributed by atoms with Crippen molar-refractivity contribution in [2.75, 3.05) is 27.3 Å². The zero-order valence-corrected chi connectivity index (χ0v) is 18.4. The molecule has 162 valence electrons. The van der Waals surface area contributed by atoms with Gasteiger partial charge in [0.1, 0.15) is 0 Å². The lowest BCUT2D eigenvalue weighted by Crippen LogP contribution is -2.43. The van der Waals surface area contributed by atoms with Crippen molar-refractivity contribution in [3.05, 3.63) is 29.8 Å². The molecule has 3 rings (SSSR count). The number of hydrogen-bond acceptors (Lipinski definition) is 4. The molecule has 0 saturated heterocycles. The molecule has 0 amide bonds. The van der Waals surface area contributed by atoms with Crippen LogP contribution in [-0.4, -0.2) is 47.7 Å². The largest absolute Gasteiger partial charge is 0.385 e. The Balaban J connectivity index is 1.50. The highest BCUT2D eigenvalue weighted by atomic mass is 32.2. The molecule has 0 spiro atoms. The number of nitrogens with one attached hydrogen (secondary N) is 3. The maximum atomic E-state index is 12.3. The van der Waals surface area contributed by atoms with E-state index in [9.17, 15) is 8.42 Å². The van der Waals surface area contributed by atoms with Crippen molar-refractivity contribution >= 4 is 16.0 Å². The zero-order valence-electron chi connectivity index (χ0n) is 17.5. The minimum absolute atomic E-state index is 0.114. The first-order valence-corrected chi connectivity index (χ1v) is 12.0. The summed E-state index contributed by atoms with van der Waals surface area (Å²) in [6, 6.07) is 7.13. The molecule has 0 radical (unpaired) electrons. The van der Waals surface area contributed by atoms with Crippen LogP contribution in [0, 0.1) is 5.41 Å². The maximum Gasteiger partial charge on any atom is 0.240 e. The molecule has 0 bridgehead atoms. The standard InChI is InChI=1S/C21H34N4O3S/c1-22-20(24-16-21(13-14-28-2)11-3-4-12-21)23-15-17-5-9-19(10-6-17)29(26,27)25-18-7-8-18/h5-6,9-10,18,25H,3-4,7-8,11-16H2,1-2H3,(H2,22,23,24). The van der Waals surface area contributed by atoms with Gasteiger partial charge in [0, 0.05) is 39.9 Å². The van der Waals surface area contributed by atoms with Gasteiger partial charge in [0.2, 0.25) is 10.0 Å². The lowest BCUT2D eigenvalue weighted by atomic mass is 9.83. The molecule has 8 heteroatoms. The van der Waals surface area contributed by atoms with Crippen LogP contribution in [0.2, 0.25) is 0 Å². The van der Waals surface area contributed by atoms with Gasteiger partial charge in [-0.3, -0.25) is 4.99 Å². The van der Waals surface area contributed by atoms with Gasteiger partial charge in [0.15, 0.2) is 5.96 Å². The Morgan fingerprint density at radius 1 is 1.17 bits per heavy atom. The van der Waals surface area contributed by atoms with Gasteiger partial charge < -0.3 is 15.4 Å². The molecule has 1 aromatic carbocycles. The van der Waals surface area contributed by atoms with Gasteiger partial charge >= 0.3 is 0 Å². The van der Waals surface area contributed by atoms with E-state index in [1.165, 1.54) is 25.7 Å². The summed E-state index contributed by atoms with van der Waals surface area (Å²) >= 11 is 0. The molecular weight excluding hydrogens is 388 g/mol. The van der Waals surface area contributed by atoms with Crippen molar-refractivity contribution in [3.8, 4) is 0 Å². The van der Waals surface area contributed by atoms with Crippen LogP contribution < -0.4 is 15.4 Å². The van der Waals surface area contributed by atoms with Crippen LogP contribution in [0.5, 0.6) is 0 Å². The third kappa shape index (κ3) is 6.42. The van der Waals surface area contributed by atoms with E-state index in [4.69, 9.17) is 4.74 Å². The highest BCUT2D eigenvalue weighted by molar-refractivity contribution is 7.89. The lowest BCUT2D eigenvalue weighted by Gasteiger charge is -2.30. The van der Waals surface area contributed by atoms with Crippen molar-refractivity contribution in [1.29, 1.82) is 0 Å². The smallest absolute Gasteiger partial charge is 0.240 e. The number of rotatable bonds is 10. The minimum atomic E-state index is -3.40. The van der Waals surface area contributed by atoms with E-state index in [2.05, 4.69) is 20.3 Å². The van der Waals surface area contributed by atoms with Gasteiger partial charge in [-0.25, -0.2) is 13.1 Å². The molecule has 7 nitrogen and oxygen atoms in total. The molecule has 29 heavy (non-hydrogen) atoms. The Labute approximate surface area is 174 Å². The maximum absolute atomic E-state index is 12.3. The molecule has 0 aliphatic heterocycles. The topological polar surface area (TPSA) is 91.8 Å². The van der Waals surface area contributed by atoms with E-state index in [1.807, 2.05) is 12.1 Å². The molecule has 0 unspecified atom stereocenters. The van der Waals surface area contributed by atoms with Crippen molar-refractivity contribution < 1.29 is 13.2 Å². The number of methoxy groups -OCH3 is 1. The monoisotopic (exact) mass is 422 g/mol. The molecule has 0 atom stereocenters. The second kappa shape index (κ2) is 9.91. The molecule has 2 aliphatic carbocycles. The van der Waals surface area contributed by atoms with Crippen LogP contribution in [0.15, 0.2) is 34.2 Å². The van der Waals surface area contributed by atoms with Crippen LogP contribution in [0.25, 0.3) is 0 Å². The van der Waals surface area contributed by atoms with E-state index in [0.717, 1.165) is 43.9 Å². The summed E-state index contributed by atoms with van der Waals surface area (Å²) in [7, 11) is 0.129. The SMILES string of the molecule is CN=C(NCc1ccc(S(=O)(=O)NC2CC2)cc1)NCC1(CCOC)CCCC1. The fourth-order valence-electron chi connectivity index (χ4n) is 3.91. The van der Waals surface area contributed by atoms with Gasteiger partial charge in [-0.05, 0) is 55.2 Å². The van der Waals surface area contributed by atoms with E-state index >= 15 is 0 Å². The van der Waals surface area contributed by atoms with Crippen molar-refractivity contribution in [3.63, 3.8) is 0 Å². The number of hydrogen-bond donors (Lipinski definition) is 3. The van der Waals surface area contributed by atoms with E-state index in [0.29, 0.717) is 11.4 Å². The zero-order chi connectivity index (χ0) is 20.7. The number of guanidine groups is 1. The van der Waals surface area contributed by atoms with Gasteiger partial charge in [-0.15, -0.1) is 0 Å². The molecule has 0 aromatic heterocycles. The van der Waals surface area contributed by atoms with Crippen LogP contribution in [-0.2, 0) is 21.3 Å². The third-order valence-corrected chi connectivity index (χ3v) is 7.48. The number of sulfonamides is 1. The van der Waals surface area contributed by atoms with Crippen LogP contribution in [0.4, 0.5) is 0 Å². The first-order chi connectivity index (χ1) is 14.0. The highest BCUT2D eigenvalue weighted by Crippen LogP contribution is 2.40. The second-order valence-electron chi connectivity index (χ2n) is 8.27. The fraction of sp³-hybridized carbons (Fsp3) is 0.667. The summed E-state index contributed by atoms with van der Waals surface area (Å²) in [5.74, 6) is 0.765. The quantitative estimate of drug-likeness (QED) is 0.398. The van der Waals surface area contributed by atoms with Crippen molar-refractivity contribution in [2.45, 2.75) is 62.4 Å². The predicted molar refractivity (Wildman–Crippen MR) is 115 cm³/mol. The van der Waals surface area contributed by atoms with Gasteiger partial charge in [-0.1, -0.05) is 25.0 Å². The van der Waals surface area contributed by atoms with Crippen LogP contribution in [0.3, 0.4) is 0 Å². The Hall–Kier alpha value is -1.64. The van der Waals surface area contributed by atoms with Crippen molar-refractivity contribution in [2.24, 2.45) is 10.4 Å². The molecule has 1 aromatic rings. The fourth-order valence-corrected chi connectivity index (χ4v) is 5.22. The highest BCUT2D eigenvalue weighted by Gasteiger charge is 2.33. The summed E-state index contributed by atoms with van der Waals surface area (Å²) in [4.78, 5) is 4.65. The number of aliphatic imine (C=N–C) groups is 1. The number of nitrogens with zero attached hydrogens (tertiary/aromatic N) is 1. The van der Waals surface area contributed by atoms with Gasteiger partial charge in [0.25, 0.3) is 0 Å². The molecule has 2 saturated carbocycles. The molecular formula is C21H34N4O3S. The first-order valence-electron chi connectivity index (χ1n) is 10.5. The van der Waals surface area contributed by atoms with Crippen LogP contribution in [0.1, 0.15) is 50.5 Å². The number of benzene rings is 1. The summed E-state index contributed by atoms with van der Waals surface area (Å²) in [6.07, 6.45) is 7.94. The molecule has 0 heterocycles. The minimum Gasteiger partial charge on any atom is -0.385 e. The summed E-state index contributed by atoms with van der Waals surface area (Å²) in [5, 5.41) is 6.80.